The molecule has 0 atom stereocenters. The van der Waals surface area contributed by atoms with Crippen LogP contribution in [0.5, 0.6) is 5.75 Å². The van der Waals surface area contributed by atoms with Crippen molar-refractivity contribution in [2.75, 3.05) is 0 Å². The van der Waals surface area contributed by atoms with Gasteiger partial charge in [-0.25, -0.2) is 0 Å². The van der Waals surface area contributed by atoms with Crippen LogP contribution in [0.3, 0.4) is 0 Å². The first-order chi connectivity index (χ1) is 9.15. The van der Waals surface area contributed by atoms with Gasteiger partial charge in [0.1, 0.15) is 18.1 Å². The zero-order valence-electron chi connectivity index (χ0n) is 11.3. The Balaban J connectivity index is 2.03. The standard InChI is InChI=1S/C17H18O2/c1-13-10-16(11-14(2)18)8-9-17(13)19-12-15-6-4-3-5-7-15/h3-10H,11-12H2,1-2H3. The monoisotopic (exact) mass is 254 g/mol. The van der Waals surface area contributed by atoms with E-state index in [1.54, 1.807) is 6.92 Å². The number of carbonyl (C=O) groups excluding carboxylic acids is 1. The Hall–Kier alpha value is -2.09. The lowest BCUT2D eigenvalue weighted by Crippen LogP contribution is -1.99. The molecule has 0 aliphatic heterocycles. The van der Waals surface area contributed by atoms with Crippen LogP contribution in [0.25, 0.3) is 0 Å². The van der Waals surface area contributed by atoms with E-state index in [0.29, 0.717) is 13.0 Å². The highest BCUT2D eigenvalue weighted by Crippen LogP contribution is 2.20. The van der Waals surface area contributed by atoms with Gasteiger partial charge in [0.25, 0.3) is 0 Å². The maximum atomic E-state index is 11.1. The zero-order valence-corrected chi connectivity index (χ0v) is 11.3. The second kappa shape index (κ2) is 6.19. The topological polar surface area (TPSA) is 26.3 Å². The van der Waals surface area contributed by atoms with Crippen molar-refractivity contribution in [3.63, 3.8) is 0 Å². The number of Topliss-reactive ketones (excluding diaryl/α,β-unsaturated/α-hetero) is 1. The molecule has 2 heteroatoms. The van der Waals surface area contributed by atoms with Crippen molar-refractivity contribution in [2.45, 2.75) is 26.9 Å². The average Bonchev–Trinajstić information content (AvgIpc) is 2.38. The number of carbonyl (C=O) groups is 1. The van der Waals surface area contributed by atoms with Crippen molar-refractivity contribution >= 4 is 5.78 Å². The molecule has 0 saturated heterocycles. The molecule has 0 radical (unpaired) electrons. The summed E-state index contributed by atoms with van der Waals surface area (Å²) in [5.74, 6) is 1.05. The number of rotatable bonds is 5. The molecule has 0 aromatic heterocycles. The van der Waals surface area contributed by atoms with Crippen LogP contribution in [0.15, 0.2) is 48.5 Å². The van der Waals surface area contributed by atoms with Gasteiger partial charge < -0.3 is 4.74 Å². The highest BCUT2D eigenvalue weighted by atomic mass is 16.5. The van der Waals surface area contributed by atoms with Gasteiger partial charge in [-0.1, -0.05) is 42.5 Å². The fourth-order valence-corrected chi connectivity index (χ4v) is 2.01. The minimum Gasteiger partial charge on any atom is -0.489 e. The largest absolute Gasteiger partial charge is 0.489 e. The van der Waals surface area contributed by atoms with Gasteiger partial charge in [0.05, 0.1) is 0 Å². The molecule has 0 bridgehead atoms. The number of aryl methyl sites for hydroxylation is 1. The minimum atomic E-state index is 0.178. The van der Waals surface area contributed by atoms with E-state index in [0.717, 1.165) is 22.4 Å². The van der Waals surface area contributed by atoms with E-state index in [1.165, 1.54) is 0 Å². The third-order valence-corrected chi connectivity index (χ3v) is 2.93. The smallest absolute Gasteiger partial charge is 0.134 e. The summed E-state index contributed by atoms with van der Waals surface area (Å²) in [6.45, 7) is 4.17. The first kappa shape index (κ1) is 13.3. The number of ether oxygens (including phenoxy) is 1. The lowest BCUT2D eigenvalue weighted by molar-refractivity contribution is -0.116. The fourth-order valence-electron chi connectivity index (χ4n) is 2.01. The van der Waals surface area contributed by atoms with E-state index in [4.69, 9.17) is 4.74 Å². The SMILES string of the molecule is CC(=O)Cc1ccc(OCc2ccccc2)c(C)c1. The van der Waals surface area contributed by atoms with Crippen LogP contribution in [-0.2, 0) is 17.8 Å². The van der Waals surface area contributed by atoms with Crippen molar-refractivity contribution in [3.8, 4) is 5.75 Å². The predicted octanol–water partition coefficient (Wildman–Crippen LogP) is 3.71. The minimum absolute atomic E-state index is 0.178. The van der Waals surface area contributed by atoms with Gasteiger partial charge in [-0.2, -0.15) is 0 Å². The highest BCUT2D eigenvalue weighted by molar-refractivity contribution is 5.78. The number of hydrogen-bond donors (Lipinski definition) is 0. The molecule has 2 aromatic carbocycles. The normalized spacial score (nSPS) is 10.2. The van der Waals surface area contributed by atoms with Crippen molar-refractivity contribution in [3.05, 3.63) is 65.2 Å². The molecule has 2 aromatic rings. The molecule has 0 amide bonds. The molecule has 98 valence electrons. The van der Waals surface area contributed by atoms with Gasteiger partial charge >= 0.3 is 0 Å². The summed E-state index contributed by atoms with van der Waals surface area (Å²) in [7, 11) is 0. The van der Waals surface area contributed by atoms with Crippen LogP contribution < -0.4 is 4.74 Å². The first-order valence-electron chi connectivity index (χ1n) is 6.41. The third kappa shape index (κ3) is 3.95. The summed E-state index contributed by atoms with van der Waals surface area (Å²) < 4.78 is 5.80. The van der Waals surface area contributed by atoms with Crippen LogP contribution in [-0.4, -0.2) is 5.78 Å². The molecule has 0 aliphatic rings. The molecule has 2 rings (SSSR count). The molecular formula is C17H18O2. The van der Waals surface area contributed by atoms with E-state index in [9.17, 15) is 4.79 Å². The Kier molecular flexibility index (Phi) is 4.35. The van der Waals surface area contributed by atoms with E-state index >= 15 is 0 Å². The molecule has 2 nitrogen and oxygen atoms in total. The lowest BCUT2D eigenvalue weighted by atomic mass is 10.1. The van der Waals surface area contributed by atoms with E-state index in [1.807, 2.05) is 55.5 Å². The summed E-state index contributed by atoms with van der Waals surface area (Å²) in [6, 6.07) is 16.0. The summed E-state index contributed by atoms with van der Waals surface area (Å²) in [5, 5.41) is 0. The second-order valence-corrected chi connectivity index (χ2v) is 4.75. The second-order valence-electron chi connectivity index (χ2n) is 4.75. The van der Waals surface area contributed by atoms with Gasteiger partial charge in [0.15, 0.2) is 0 Å². The number of benzene rings is 2. The van der Waals surface area contributed by atoms with Crippen LogP contribution in [0.4, 0.5) is 0 Å². The Morgan fingerprint density at radius 2 is 1.79 bits per heavy atom. The quantitative estimate of drug-likeness (QED) is 0.813. The third-order valence-electron chi connectivity index (χ3n) is 2.93. The summed E-state index contributed by atoms with van der Waals surface area (Å²) in [6.07, 6.45) is 0.486. The van der Waals surface area contributed by atoms with Crippen LogP contribution in [0.1, 0.15) is 23.6 Å². The van der Waals surface area contributed by atoms with Crippen LogP contribution in [0.2, 0.25) is 0 Å². The summed E-state index contributed by atoms with van der Waals surface area (Å²) in [4.78, 5) is 11.1. The molecule has 0 heterocycles. The van der Waals surface area contributed by atoms with Crippen molar-refractivity contribution in [1.82, 2.24) is 0 Å². The maximum absolute atomic E-state index is 11.1. The summed E-state index contributed by atoms with van der Waals surface area (Å²) in [5.41, 5.74) is 3.25. The van der Waals surface area contributed by atoms with Crippen molar-refractivity contribution in [2.24, 2.45) is 0 Å². The molecule has 19 heavy (non-hydrogen) atoms. The van der Waals surface area contributed by atoms with Gasteiger partial charge in [-0.3, -0.25) is 4.79 Å². The van der Waals surface area contributed by atoms with Gasteiger partial charge in [-0.15, -0.1) is 0 Å². The Bertz CT molecular complexity index is 559. The molecule has 0 spiro atoms. The maximum Gasteiger partial charge on any atom is 0.134 e. The van der Waals surface area contributed by atoms with Crippen LogP contribution in [0, 0.1) is 6.92 Å². The van der Waals surface area contributed by atoms with E-state index in [-0.39, 0.29) is 5.78 Å². The molecule has 0 unspecified atom stereocenters. The number of hydrogen-bond acceptors (Lipinski definition) is 2. The lowest BCUT2D eigenvalue weighted by Gasteiger charge is -2.10. The zero-order chi connectivity index (χ0) is 13.7. The molecule has 0 fully saturated rings. The van der Waals surface area contributed by atoms with E-state index in [2.05, 4.69) is 0 Å². The molecule has 0 aliphatic carbocycles. The Morgan fingerprint density at radius 1 is 1.05 bits per heavy atom. The number of ketones is 1. The van der Waals surface area contributed by atoms with Gasteiger partial charge in [-0.05, 0) is 36.6 Å². The summed E-state index contributed by atoms with van der Waals surface area (Å²) >= 11 is 0. The van der Waals surface area contributed by atoms with Crippen molar-refractivity contribution < 1.29 is 9.53 Å². The first-order valence-corrected chi connectivity index (χ1v) is 6.41. The fraction of sp³-hybridized carbons (Fsp3) is 0.235. The van der Waals surface area contributed by atoms with Gasteiger partial charge in [0, 0.05) is 6.42 Å². The molecular weight excluding hydrogens is 236 g/mol. The predicted molar refractivity (Wildman–Crippen MR) is 76.3 cm³/mol. The average molecular weight is 254 g/mol. The van der Waals surface area contributed by atoms with Crippen molar-refractivity contribution in [1.29, 1.82) is 0 Å². The Labute approximate surface area is 114 Å². The van der Waals surface area contributed by atoms with Gasteiger partial charge in [0.2, 0.25) is 0 Å². The molecule has 0 saturated carbocycles. The Morgan fingerprint density at radius 3 is 2.42 bits per heavy atom. The van der Waals surface area contributed by atoms with E-state index < -0.39 is 0 Å². The highest BCUT2D eigenvalue weighted by Gasteiger charge is 2.03. The molecule has 0 N–H and O–H groups in total. The van der Waals surface area contributed by atoms with Crippen LogP contribution >= 0.6 is 0 Å².